The Hall–Kier alpha value is -1.41. The zero-order valence-electron chi connectivity index (χ0n) is 10.1. The zero-order chi connectivity index (χ0) is 12.8. The third-order valence-corrected chi connectivity index (χ3v) is 4.63. The van der Waals surface area contributed by atoms with Crippen molar-refractivity contribution in [3.8, 4) is 0 Å². The fraction of sp³-hybridized carbons (Fsp3) is 0.188. The van der Waals surface area contributed by atoms with Crippen molar-refractivity contribution in [2.75, 3.05) is 0 Å². The molecule has 1 atom stereocenters. The predicted molar refractivity (Wildman–Crippen MR) is 76.3 cm³/mol. The van der Waals surface area contributed by atoms with Crippen LogP contribution < -0.4 is 0 Å². The monoisotopic (exact) mass is 300 g/mol. The number of aryl methyl sites for hydroxylation is 1. The van der Waals surface area contributed by atoms with Crippen molar-refractivity contribution >= 4 is 21.7 Å². The highest BCUT2D eigenvalue weighted by Crippen LogP contribution is 2.44. The van der Waals surface area contributed by atoms with Gasteiger partial charge in [-0.05, 0) is 30.5 Å². The van der Waals surface area contributed by atoms with E-state index in [1.165, 1.54) is 0 Å². The van der Waals surface area contributed by atoms with Gasteiger partial charge in [0.15, 0.2) is 5.78 Å². The lowest BCUT2D eigenvalue weighted by molar-refractivity contribution is 0.0960. The standard InChI is InChI=1S/C16H13BrO/c1-11-7-8-12-10-16(17,15(18)14(12)9-11)13-5-3-2-4-6-13/h2-9H,10H2,1H3. The van der Waals surface area contributed by atoms with Gasteiger partial charge in [0.2, 0.25) is 0 Å². The molecule has 1 unspecified atom stereocenters. The summed E-state index contributed by atoms with van der Waals surface area (Å²) in [4.78, 5) is 12.6. The van der Waals surface area contributed by atoms with Gasteiger partial charge in [0.05, 0.1) is 0 Å². The minimum atomic E-state index is -0.579. The Balaban J connectivity index is 2.12. The largest absolute Gasteiger partial charge is 0.292 e. The molecule has 0 amide bonds. The highest BCUT2D eigenvalue weighted by atomic mass is 79.9. The first-order valence-electron chi connectivity index (χ1n) is 6.00. The molecule has 0 spiro atoms. The van der Waals surface area contributed by atoms with Crippen molar-refractivity contribution in [1.82, 2.24) is 0 Å². The summed E-state index contributed by atoms with van der Waals surface area (Å²) >= 11 is 3.68. The molecule has 2 aromatic carbocycles. The van der Waals surface area contributed by atoms with Crippen LogP contribution in [-0.4, -0.2) is 5.78 Å². The Morgan fingerprint density at radius 1 is 1.11 bits per heavy atom. The summed E-state index contributed by atoms with van der Waals surface area (Å²) in [5, 5.41) is 0. The molecule has 0 aromatic heterocycles. The number of hydrogen-bond donors (Lipinski definition) is 0. The maximum Gasteiger partial charge on any atom is 0.184 e. The smallest absolute Gasteiger partial charge is 0.184 e. The van der Waals surface area contributed by atoms with Crippen molar-refractivity contribution in [1.29, 1.82) is 0 Å². The second kappa shape index (κ2) is 4.06. The lowest BCUT2D eigenvalue weighted by Crippen LogP contribution is -2.25. The quantitative estimate of drug-likeness (QED) is 0.727. The molecule has 0 N–H and O–H groups in total. The fourth-order valence-electron chi connectivity index (χ4n) is 2.55. The molecule has 2 heteroatoms. The normalized spacial score (nSPS) is 22.0. The molecular weight excluding hydrogens is 288 g/mol. The summed E-state index contributed by atoms with van der Waals surface area (Å²) < 4.78 is -0.579. The van der Waals surface area contributed by atoms with Gasteiger partial charge in [-0.1, -0.05) is 64.0 Å². The maximum absolute atomic E-state index is 12.6. The van der Waals surface area contributed by atoms with Gasteiger partial charge in [0.25, 0.3) is 0 Å². The van der Waals surface area contributed by atoms with Gasteiger partial charge in [0.1, 0.15) is 4.32 Å². The number of benzene rings is 2. The number of halogens is 1. The van der Waals surface area contributed by atoms with E-state index in [1.807, 2.05) is 43.3 Å². The van der Waals surface area contributed by atoms with Crippen molar-refractivity contribution in [3.63, 3.8) is 0 Å². The predicted octanol–water partition coefficient (Wildman–Crippen LogP) is 4.02. The van der Waals surface area contributed by atoms with E-state index in [-0.39, 0.29) is 5.78 Å². The molecule has 1 nitrogen and oxygen atoms in total. The summed E-state index contributed by atoms with van der Waals surface area (Å²) in [6.45, 7) is 2.02. The number of carbonyl (C=O) groups is 1. The van der Waals surface area contributed by atoms with Crippen LogP contribution in [0.4, 0.5) is 0 Å². The van der Waals surface area contributed by atoms with Crippen LogP contribution >= 0.6 is 15.9 Å². The molecule has 18 heavy (non-hydrogen) atoms. The number of carbonyl (C=O) groups excluding carboxylic acids is 1. The van der Waals surface area contributed by atoms with Crippen molar-refractivity contribution in [3.05, 3.63) is 70.8 Å². The van der Waals surface area contributed by atoms with Crippen LogP contribution in [0, 0.1) is 6.92 Å². The van der Waals surface area contributed by atoms with E-state index in [9.17, 15) is 4.79 Å². The van der Waals surface area contributed by atoms with Crippen LogP contribution in [0.5, 0.6) is 0 Å². The summed E-state index contributed by atoms with van der Waals surface area (Å²) in [5.41, 5.74) is 4.15. The van der Waals surface area contributed by atoms with Crippen LogP contribution in [0.3, 0.4) is 0 Å². The van der Waals surface area contributed by atoms with Gasteiger partial charge in [-0.25, -0.2) is 0 Å². The Kier molecular flexibility index (Phi) is 2.63. The second-order valence-corrected chi connectivity index (χ2v) is 6.19. The molecular formula is C16H13BrO. The van der Waals surface area contributed by atoms with E-state index in [2.05, 4.69) is 28.1 Å². The van der Waals surface area contributed by atoms with E-state index in [1.54, 1.807) is 0 Å². The van der Waals surface area contributed by atoms with Crippen LogP contribution in [0.25, 0.3) is 0 Å². The molecule has 0 saturated carbocycles. The minimum Gasteiger partial charge on any atom is -0.292 e. The number of Topliss-reactive ketones (excluding diaryl/α,β-unsaturated/α-hetero) is 1. The Morgan fingerprint density at radius 3 is 2.56 bits per heavy atom. The van der Waals surface area contributed by atoms with E-state index < -0.39 is 4.32 Å². The molecule has 1 aliphatic rings. The highest BCUT2D eigenvalue weighted by Gasteiger charge is 2.44. The Morgan fingerprint density at radius 2 is 1.83 bits per heavy atom. The van der Waals surface area contributed by atoms with E-state index >= 15 is 0 Å². The number of fused-ring (bicyclic) bond motifs is 1. The molecule has 2 aromatic rings. The van der Waals surface area contributed by atoms with Gasteiger partial charge in [-0.2, -0.15) is 0 Å². The number of rotatable bonds is 1. The molecule has 0 aliphatic heterocycles. The van der Waals surface area contributed by atoms with Crippen LogP contribution in [0.1, 0.15) is 27.0 Å². The van der Waals surface area contributed by atoms with E-state index in [0.717, 1.165) is 28.7 Å². The average Bonchev–Trinajstić information content (AvgIpc) is 2.65. The number of alkyl halides is 1. The zero-order valence-corrected chi connectivity index (χ0v) is 11.7. The SMILES string of the molecule is Cc1ccc2c(c1)C(=O)C(Br)(c1ccccc1)C2. The van der Waals surface area contributed by atoms with Crippen LogP contribution in [-0.2, 0) is 10.7 Å². The lowest BCUT2D eigenvalue weighted by Gasteiger charge is -2.20. The van der Waals surface area contributed by atoms with Gasteiger partial charge in [-0.3, -0.25) is 4.79 Å². The van der Waals surface area contributed by atoms with Gasteiger partial charge in [-0.15, -0.1) is 0 Å². The first kappa shape index (κ1) is 11.7. The average molecular weight is 301 g/mol. The third-order valence-electron chi connectivity index (χ3n) is 3.54. The first-order valence-corrected chi connectivity index (χ1v) is 6.79. The van der Waals surface area contributed by atoms with Crippen LogP contribution in [0.2, 0.25) is 0 Å². The van der Waals surface area contributed by atoms with E-state index in [4.69, 9.17) is 0 Å². The van der Waals surface area contributed by atoms with Crippen molar-refractivity contribution in [2.45, 2.75) is 17.7 Å². The summed E-state index contributed by atoms with van der Waals surface area (Å²) in [5.74, 6) is 0.174. The Bertz CT molecular complexity index is 618. The number of hydrogen-bond acceptors (Lipinski definition) is 1. The second-order valence-electron chi connectivity index (χ2n) is 4.83. The maximum atomic E-state index is 12.6. The minimum absolute atomic E-state index is 0.174. The third kappa shape index (κ3) is 1.64. The fourth-order valence-corrected chi connectivity index (χ4v) is 3.33. The van der Waals surface area contributed by atoms with Crippen molar-refractivity contribution in [2.24, 2.45) is 0 Å². The molecule has 1 aliphatic carbocycles. The summed E-state index contributed by atoms with van der Waals surface area (Å²) in [6, 6.07) is 16.0. The highest BCUT2D eigenvalue weighted by molar-refractivity contribution is 9.10. The lowest BCUT2D eigenvalue weighted by atomic mass is 9.95. The number of ketones is 1. The van der Waals surface area contributed by atoms with Crippen molar-refractivity contribution < 1.29 is 4.79 Å². The summed E-state index contributed by atoms with van der Waals surface area (Å²) in [7, 11) is 0. The van der Waals surface area contributed by atoms with Gasteiger partial charge >= 0.3 is 0 Å². The topological polar surface area (TPSA) is 17.1 Å². The molecule has 0 bridgehead atoms. The summed E-state index contributed by atoms with van der Waals surface area (Å²) in [6.07, 6.45) is 0.728. The molecule has 0 saturated heterocycles. The van der Waals surface area contributed by atoms with Gasteiger partial charge < -0.3 is 0 Å². The molecule has 0 fully saturated rings. The van der Waals surface area contributed by atoms with Gasteiger partial charge in [0, 0.05) is 5.56 Å². The van der Waals surface area contributed by atoms with E-state index in [0.29, 0.717) is 0 Å². The first-order chi connectivity index (χ1) is 8.61. The Labute approximate surface area is 115 Å². The molecule has 90 valence electrons. The van der Waals surface area contributed by atoms with Crippen LogP contribution in [0.15, 0.2) is 48.5 Å². The molecule has 0 heterocycles. The molecule has 0 radical (unpaired) electrons. The molecule has 3 rings (SSSR count).